The van der Waals surface area contributed by atoms with Crippen molar-refractivity contribution in [3.05, 3.63) is 0 Å². The van der Waals surface area contributed by atoms with Crippen LogP contribution in [0.4, 0.5) is 4.79 Å². The van der Waals surface area contributed by atoms with Gasteiger partial charge >= 0.3 is 6.09 Å². The van der Waals surface area contributed by atoms with Gasteiger partial charge in [-0.2, -0.15) is 0 Å². The van der Waals surface area contributed by atoms with Gasteiger partial charge in [0.05, 0.1) is 12.1 Å². The lowest BCUT2D eigenvalue weighted by atomic mass is 10.00. The van der Waals surface area contributed by atoms with Crippen molar-refractivity contribution in [2.45, 2.75) is 32.9 Å². The Bertz CT molecular complexity index is 126. The van der Waals surface area contributed by atoms with Crippen molar-refractivity contribution in [3.8, 4) is 0 Å². The lowest BCUT2D eigenvalue weighted by Crippen LogP contribution is -2.44. The summed E-state index contributed by atoms with van der Waals surface area (Å²) in [6.07, 6.45) is -1.74. The molecule has 4 nitrogen and oxygen atoms in total. The normalized spacial score (nSPS) is 16.1. The van der Waals surface area contributed by atoms with Crippen LogP contribution in [0.25, 0.3) is 0 Å². The average molecular weight is 161 g/mol. The van der Waals surface area contributed by atoms with Gasteiger partial charge in [0.2, 0.25) is 0 Å². The third-order valence-corrected chi connectivity index (χ3v) is 1.53. The van der Waals surface area contributed by atoms with Gasteiger partial charge in [-0.25, -0.2) is 4.79 Å². The molecule has 4 heteroatoms. The Labute approximate surface area is 66.2 Å². The van der Waals surface area contributed by atoms with Crippen molar-refractivity contribution >= 4 is 6.09 Å². The summed E-state index contributed by atoms with van der Waals surface area (Å²) in [5, 5.41) is 19.7. The van der Waals surface area contributed by atoms with Gasteiger partial charge in [-0.3, -0.25) is 0 Å². The third-order valence-electron chi connectivity index (χ3n) is 1.53. The molecule has 0 spiro atoms. The first-order valence-electron chi connectivity index (χ1n) is 3.62. The smallest absolute Gasteiger partial charge is 0.404 e. The highest BCUT2D eigenvalue weighted by molar-refractivity contribution is 5.64. The lowest BCUT2D eigenvalue weighted by molar-refractivity contribution is 0.113. The molecule has 0 fully saturated rings. The zero-order valence-corrected chi connectivity index (χ0v) is 7.03. The number of aliphatic hydroxyl groups is 1. The fourth-order valence-electron chi connectivity index (χ4n) is 0.987. The van der Waals surface area contributed by atoms with E-state index in [0.717, 1.165) is 0 Å². The molecule has 0 rings (SSSR count). The quantitative estimate of drug-likeness (QED) is 0.569. The topological polar surface area (TPSA) is 69.6 Å². The van der Waals surface area contributed by atoms with Gasteiger partial charge in [-0.05, 0) is 12.8 Å². The minimum atomic E-state index is -1.09. The van der Waals surface area contributed by atoms with E-state index in [0.29, 0.717) is 0 Å². The standard InChI is InChI=1S/C7H15NO3/c1-4(2)6(5(3)9)8-7(10)11/h4-6,8-9H,1-3H3,(H,10,11)/t5?,6-/m1/s1. The molecule has 11 heavy (non-hydrogen) atoms. The molecule has 0 heterocycles. The summed E-state index contributed by atoms with van der Waals surface area (Å²) in [5.74, 6) is 0.103. The Hall–Kier alpha value is -0.770. The van der Waals surface area contributed by atoms with Crippen LogP contribution in [0.15, 0.2) is 0 Å². The molecular formula is C7H15NO3. The molecule has 0 aromatic rings. The summed E-state index contributed by atoms with van der Waals surface area (Å²) in [6, 6.07) is -0.382. The van der Waals surface area contributed by atoms with E-state index in [1.807, 2.05) is 13.8 Å². The predicted octanol–water partition coefficient (Wildman–Crippen LogP) is 0.659. The van der Waals surface area contributed by atoms with E-state index < -0.39 is 12.2 Å². The number of rotatable bonds is 3. The van der Waals surface area contributed by atoms with Gasteiger partial charge in [0.1, 0.15) is 0 Å². The average Bonchev–Trinajstić information content (AvgIpc) is 1.81. The number of carbonyl (C=O) groups is 1. The summed E-state index contributed by atoms with van der Waals surface area (Å²) in [5.41, 5.74) is 0. The maximum atomic E-state index is 10.2. The van der Waals surface area contributed by atoms with E-state index in [2.05, 4.69) is 5.32 Å². The predicted molar refractivity (Wildman–Crippen MR) is 41.5 cm³/mol. The molecule has 0 aromatic heterocycles. The number of hydrogen-bond acceptors (Lipinski definition) is 2. The Morgan fingerprint density at radius 1 is 1.36 bits per heavy atom. The van der Waals surface area contributed by atoms with Crippen LogP contribution in [-0.4, -0.2) is 28.5 Å². The van der Waals surface area contributed by atoms with Crippen LogP contribution in [0.1, 0.15) is 20.8 Å². The van der Waals surface area contributed by atoms with E-state index >= 15 is 0 Å². The van der Waals surface area contributed by atoms with Crippen molar-refractivity contribution in [1.82, 2.24) is 5.32 Å². The Morgan fingerprint density at radius 2 is 1.82 bits per heavy atom. The van der Waals surface area contributed by atoms with E-state index in [-0.39, 0.29) is 12.0 Å². The van der Waals surface area contributed by atoms with Gasteiger partial charge in [0, 0.05) is 0 Å². The number of amides is 1. The van der Waals surface area contributed by atoms with Crippen molar-refractivity contribution in [2.24, 2.45) is 5.92 Å². The highest BCUT2D eigenvalue weighted by atomic mass is 16.4. The molecule has 3 N–H and O–H groups in total. The zero-order chi connectivity index (χ0) is 9.02. The second-order valence-electron chi connectivity index (χ2n) is 2.96. The molecular weight excluding hydrogens is 146 g/mol. The summed E-state index contributed by atoms with van der Waals surface area (Å²) < 4.78 is 0. The molecule has 66 valence electrons. The highest BCUT2D eigenvalue weighted by Gasteiger charge is 2.20. The Morgan fingerprint density at radius 3 is 1.91 bits per heavy atom. The van der Waals surface area contributed by atoms with E-state index in [1.54, 1.807) is 6.92 Å². The van der Waals surface area contributed by atoms with Gasteiger partial charge in [-0.1, -0.05) is 13.8 Å². The second-order valence-corrected chi connectivity index (χ2v) is 2.96. The lowest BCUT2D eigenvalue weighted by Gasteiger charge is -2.23. The number of aliphatic hydroxyl groups excluding tert-OH is 1. The molecule has 0 bridgehead atoms. The molecule has 1 unspecified atom stereocenters. The first kappa shape index (κ1) is 10.2. The summed E-state index contributed by atoms with van der Waals surface area (Å²) >= 11 is 0. The van der Waals surface area contributed by atoms with Gasteiger partial charge in [0.25, 0.3) is 0 Å². The van der Waals surface area contributed by atoms with Gasteiger partial charge in [-0.15, -0.1) is 0 Å². The van der Waals surface area contributed by atoms with Crippen LogP contribution >= 0.6 is 0 Å². The van der Waals surface area contributed by atoms with Crippen LogP contribution in [0, 0.1) is 5.92 Å². The minimum absolute atomic E-state index is 0.103. The first-order chi connectivity index (χ1) is 4.95. The molecule has 2 atom stereocenters. The van der Waals surface area contributed by atoms with E-state index in [1.165, 1.54) is 0 Å². The Balaban J connectivity index is 4.00. The largest absolute Gasteiger partial charge is 0.465 e. The number of nitrogens with one attached hydrogen (secondary N) is 1. The molecule has 0 aliphatic rings. The van der Waals surface area contributed by atoms with Crippen molar-refractivity contribution in [3.63, 3.8) is 0 Å². The van der Waals surface area contributed by atoms with Gasteiger partial charge in [0.15, 0.2) is 0 Å². The maximum absolute atomic E-state index is 10.2. The number of carboxylic acid groups (broad SMARTS) is 1. The van der Waals surface area contributed by atoms with Crippen LogP contribution in [0.2, 0.25) is 0 Å². The van der Waals surface area contributed by atoms with Crippen LogP contribution in [-0.2, 0) is 0 Å². The first-order valence-corrected chi connectivity index (χ1v) is 3.62. The SMILES string of the molecule is CC(C)[C@@H](NC(=O)O)C(C)O. The zero-order valence-electron chi connectivity index (χ0n) is 7.03. The fourth-order valence-corrected chi connectivity index (χ4v) is 0.987. The second kappa shape index (κ2) is 4.18. The molecule has 0 saturated heterocycles. The maximum Gasteiger partial charge on any atom is 0.404 e. The van der Waals surface area contributed by atoms with Crippen LogP contribution < -0.4 is 5.32 Å². The molecule has 1 amide bonds. The van der Waals surface area contributed by atoms with E-state index in [4.69, 9.17) is 10.2 Å². The third kappa shape index (κ3) is 3.83. The summed E-state index contributed by atoms with van der Waals surface area (Å²) in [7, 11) is 0. The molecule has 0 aliphatic heterocycles. The highest BCUT2D eigenvalue weighted by Crippen LogP contribution is 2.05. The van der Waals surface area contributed by atoms with Gasteiger partial charge < -0.3 is 15.5 Å². The molecule has 0 aromatic carbocycles. The van der Waals surface area contributed by atoms with Crippen LogP contribution in [0.5, 0.6) is 0 Å². The van der Waals surface area contributed by atoms with Crippen molar-refractivity contribution in [1.29, 1.82) is 0 Å². The molecule has 0 aliphatic carbocycles. The monoisotopic (exact) mass is 161 g/mol. The Kier molecular flexibility index (Phi) is 3.89. The van der Waals surface area contributed by atoms with E-state index in [9.17, 15) is 4.79 Å². The summed E-state index contributed by atoms with van der Waals surface area (Å²) in [6.45, 7) is 5.28. The molecule has 0 radical (unpaired) electrons. The minimum Gasteiger partial charge on any atom is -0.465 e. The fraction of sp³-hybridized carbons (Fsp3) is 0.857. The molecule has 0 saturated carbocycles. The van der Waals surface area contributed by atoms with Crippen molar-refractivity contribution in [2.75, 3.05) is 0 Å². The van der Waals surface area contributed by atoms with Crippen molar-refractivity contribution < 1.29 is 15.0 Å². The summed E-state index contributed by atoms with van der Waals surface area (Å²) in [4.78, 5) is 10.2. The number of hydrogen-bond donors (Lipinski definition) is 3. The van der Waals surface area contributed by atoms with Crippen LogP contribution in [0.3, 0.4) is 0 Å².